The molecule has 120 valence electrons. The van der Waals surface area contributed by atoms with Gasteiger partial charge in [-0.3, -0.25) is 9.69 Å². The molecule has 22 heavy (non-hydrogen) atoms. The highest BCUT2D eigenvalue weighted by Crippen LogP contribution is 2.26. The Morgan fingerprint density at radius 3 is 2.68 bits per heavy atom. The lowest BCUT2D eigenvalue weighted by Gasteiger charge is -2.39. The van der Waals surface area contributed by atoms with Gasteiger partial charge in [0.1, 0.15) is 5.82 Å². The van der Waals surface area contributed by atoms with Gasteiger partial charge in [-0.1, -0.05) is 19.8 Å². The number of rotatable bonds is 4. The Hall–Kier alpha value is -1.62. The van der Waals surface area contributed by atoms with E-state index in [9.17, 15) is 4.79 Å². The Bertz CT molecular complexity index is 505. The van der Waals surface area contributed by atoms with Crippen molar-refractivity contribution >= 4 is 17.4 Å². The molecule has 5 heteroatoms. The van der Waals surface area contributed by atoms with Crippen LogP contribution in [-0.2, 0) is 4.79 Å². The molecule has 2 aliphatic rings. The van der Waals surface area contributed by atoms with Crippen LogP contribution in [0, 0.1) is 0 Å². The summed E-state index contributed by atoms with van der Waals surface area (Å²) in [7, 11) is 0. The summed E-state index contributed by atoms with van der Waals surface area (Å²) in [5, 5.41) is 2.84. The molecule has 1 saturated heterocycles. The molecule has 0 atom stereocenters. The highest BCUT2D eigenvalue weighted by atomic mass is 16.1. The fraction of sp³-hybridized carbons (Fsp3) is 0.647. The number of hydrogen-bond acceptors (Lipinski definition) is 4. The molecule has 2 fully saturated rings. The van der Waals surface area contributed by atoms with Crippen LogP contribution in [0.3, 0.4) is 0 Å². The first-order valence-electron chi connectivity index (χ1n) is 8.51. The first-order chi connectivity index (χ1) is 10.8. The first-order valence-corrected chi connectivity index (χ1v) is 8.51. The fourth-order valence-electron chi connectivity index (χ4n) is 3.53. The zero-order valence-electron chi connectivity index (χ0n) is 13.4. The molecule has 1 amide bonds. The van der Waals surface area contributed by atoms with Crippen molar-refractivity contribution in [2.75, 3.05) is 36.4 Å². The summed E-state index contributed by atoms with van der Waals surface area (Å²) in [5.41, 5.74) is 1.16. The molecule has 0 aromatic carbocycles. The van der Waals surface area contributed by atoms with Crippen molar-refractivity contribution in [2.45, 2.75) is 45.1 Å². The Kier molecular flexibility index (Phi) is 4.93. The second kappa shape index (κ2) is 7.09. The number of nitrogens with one attached hydrogen (secondary N) is 1. The molecule has 0 bridgehead atoms. The highest BCUT2D eigenvalue weighted by molar-refractivity contribution is 5.89. The van der Waals surface area contributed by atoms with Crippen molar-refractivity contribution in [3.63, 3.8) is 0 Å². The number of carbonyl (C=O) groups excluding carboxylic acids is 1. The highest BCUT2D eigenvalue weighted by Gasteiger charge is 2.26. The normalized spacial score (nSPS) is 20.3. The molecular weight excluding hydrogens is 276 g/mol. The molecule has 3 rings (SSSR count). The van der Waals surface area contributed by atoms with Gasteiger partial charge >= 0.3 is 0 Å². The maximum absolute atomic E-state index is 11.5. The lowest BCUT2D eigenvalue weighted by molar-refractivity contribution is -0.115. The average molecular weight is 302 g/mol. The largest absolute Gasteiger partial charge is 0.369 e. The van der Waals surface area contributed by atoms with Gasteiger partial charge in [-0.25, -0.2) is 4.98 Å². The number of carbonyl (C=O) groups is 1. The summed E-state index contributed by atoms with van der Waals surface area (Å²) in [5.74, 6) is 0.665. The average Bonchev–Trinajstić information content (AvgIpc) is 3.09. The predicted octanol–water partition coefficient (Wildman–Crippen LogP) is 2.49. The van der Waals surface area contributed by atoms with Crippen LogP contribution in [0.5, 0.6) is 0 Å². The van der Waals surface area contributed by atoms with Gasteiger partial charge in [-0.15, -0.1) is 0 Å². The van der Waals surface area contributed by atoms with Crippen LogP contribution in [0.25, 0.3) is 0 Å². The topological polar surface area (TPSA) is 48.5 Å². The van der Waals surface area contributed by atoms with E-state index in [1.54, 1.807) is 6.20 Å². The molecule has 1 aromatic rings. The maximum Gasteiger partial charge on any atom is 0.225 e. The van der Waals surface area contributed by atoms with Crippen LogP contribution in [0.15, 0.2) is 18.3 Å². The molecule has 2 heterocycles. The van der Waals surface area contributed by atoms with E-state index in [1.807, 2.05) is 19.1 Å². The lowest BCUT2D eigenvalue weighted by atomic mass is 10.1. The van der Waals surface area contributed by atoms with Crippen molar-refractivity contribution in [3.05, 3.63) is 18.3 Å². The van der Waals surface area contributed by atoms with Crippen LogP contribution in [-0.4, -0.2) is 48.0 Å². The minimum atomic E-state index is 0.00991. The maximum atomic E-state index is 11.5. The van der Waals surface area contributed by atoms with Gasteiger partial charge in [0.15, 0.2) is 0 Å². The number of piperazine rings is 1. The SMILES string of the molecule is CCC(=O)Nc1cc(N2CCN(C3CCCC3)CC2)ccn1. The lowest BCUT2D eigenvalue weighted by Crippen LogP contribution is -2.49. The Morgan fingerprint density at radius 2 is 2.00 bits per heavy atom. The van der Waals surface area contributed by atoms with Gasteiger partial charge in [-0.05, 0) is 18.9 Å². The monoisotopic (exact) mass is 302 g/mol. The van der Waals surface area contributed by atoms with Gasteiger partial charge in [0.2, 0.25) is 5.91 Å². The number of anilines is 2. The van der Waals surface area contributed by atoms with E-state index in [2.05, 4.69) is 20.1 Å². The zero-order valence-corrected chi connectivity index (χ0v) is 13.4. The summed E-state index contributed by atoms with van der Waals surface area (Å²) in [6.07, 6.45) is 7.81. The smallest absolute Gasteiger partial charge is 0.225 e. The van der Waals surface area contributed by atoms with E-state index < -0.39 is 0 Å². The Balaban J connectivity index is 1.58. The van der Waals surface area contributed by atoms with Crippen molar-refractivity contribution < 1.29 is 4.79 Å². The Morgan fingerprint density at radius 1 is 1.27 bits per heavy atom. The molecule has 0 unspecified atom stereocenters. The third kappa shape index (κ3) is 3.58. The van der Waals surface area contributed by atoms with Crippen LogP contribution in [0.4, 0.5) is 11.5 Å². The quantitative estimate of drug-likeness (QED) is 0.928. The Labute approximate surface area is 132 Å². The van der Waals surface area contributed by atoms with Crippen molar-refractivity contribution in [1.29, 1.82) is 0 Å². The number of pyridine rings is 1. The molecule has 1 N–H and O–H groups in total. The summed E-state index contributed by atoms with van der Waals surface area (Å²) in [4.78, 5) is 20.8. The van der Waals surface area contributed by atoms with E-state index >= 15 is 0 Å². The molecule has 1 aliphatic heterocycles. The first kappa shape index (κ1) is 15.3. The molecular formula is C17H26N4O. The second-order valence-corrected chi connectivity index (χ2v) is 6.26. The molecule has 0 radical (unpaired) electrons. The van der Waals surface area contributed by atoms with Crippen LogP contribution in [0.1, 0.15) is 39.0 Å². The number of amides is 1. The van der Waals surface area contributed by atoms with Gasteiger partial charge in [-0.2, -0.15) is 0 Å². The van der Waals surface area contributed by atoms with Gasteiger partial charge in [0.25, 0.3) is 0 Å². The van der Waals surface area contributed by atoms with Crippen LogP contribution >= 0.6 is 0 Å². The second-order valence-electron chi connectivity index (χ2n) is 6.26. The van der Waals surface area contributed by atoms with Gasteiger partial charge in [0.05, 0.1) is 0 Å². The summed E-state index contributed by atoms with van der Waals surface area (Å²) in [6, 6.07) is 4.84. The standard InChI is InChI=1S/C17H26N4O/c1-2-17(22)19-16-13-15(7-8-18-16)21-11-9-20(10-12-21)14-5-3-4-6-14/h7-8,13-14H,2-6,9-12H2,1H3,(H,18,19,22). The van der Waals surface area contributed by atoms with E-state index in [1.165, 1.54) is 25.7 Å². The number of aromatic nitrogens is 1. The van der Waals surface area contributed by atoms with E-state index in [-0.39, 0.29) is 5.91 Å². The molecule has 1 aromatic heterocycles. The van der Waals surface area contributed by atoms with Gasteiger partial charge in [0, 0.05) is 56.6 Å². The summed E-state index contributed by atoms with van der Waals surface area (Å²) in [6.45, 7) is 6.25. The molecule has 1 aliphatic carbocycles. The summed E-state index contributed by atoms with van der Waals surface area (Å²) < 4.78 is 0. The number of hydrogen-bond donors (Lipinski definition) is 1. The van der Waals surface area contributed by atoms with E-state index in [4.69, 9.17) is 0 Å². The number of nitrogens with zero attached hydrogens (tertiary/aromatic N) is 3. The molecule has 0 spiro atoms. The minimum Gasteiger partial charge on any atom is -0.369 e. The van der Waals surface area contributed by atoms with Crippen LogP contribution < -0.4 is 10.2 Å². The molecule has 1 saturated carbocycles. The third-order valence-corrected chi connectivity index (χ3v) is 4.85. The van der Waals surface area contributed by atoms with Crippen molar-refractivity contribution in [2.24, 2.45) is 0 Å². The van der Waals surface area contributed by atoms with E-state index in [0.717, 1.165) is 37.9 Å². The van der Waals surface area contributed by atoms with E-state index in [0.29, 0.717) is 12.2 Å². The minimum absolute atomic E-state index is 0.00991. The van der Waals surface area contributed by atoms with Crippen molar-refractivity contribution in [3.8, 4) is 0 Å². The fourth-order valence-corrected chi connectivity index (χ4v) is 3.53. The van der Waals surface area contributed by atoms with Crippen LogP contribution in [0.2, 0.25) is 0 Å². The molecule has 5 nitrogen and oxygen atoms in total. The predicted molar refractivity (Wildman–Crippen MR) is 89.2 cm³/mol. The zero-order chi connectivity index (χ0) is 15.4. The third-order valence-electron chi connectivity index (χ3n) is 4.85. The van der Waals surface area contributed by atoms with Crippen molar-refractivity contribution in [1.82, 2.24) is 9.88 Å². The summed E-state index contributed by atoms with van der Waals surface area (Å²) >= 11 is 0. The van der Waals surface area contributed by atoms with Gasteiger partial charge < -0.3 is 10.2 Å².